The van der Waals surface area contributed by atoms with Crippen LogP contribution in [0.3, 0.4) is 0 Å². The van der Waals surface area contributed by atoms with Crippen molar-refractivity contribution >= 4 is 16.3 Å². The van der Waals surface area contributed by atoms with Crippen molar-refractivity contribution in [3.05, 3.63) is 17.5 Å². The van der Waals surface area contributed by atoms with E-state index in [9.17, 15) is 0 Å². The topological polar surface area (TPSA) is 64.9 Å². The van der Waals surface area contributed by atoms with Crippen molar-refractivity contribution in [1.29, 1.82) is 0 Å². The molecule has 2 aliphatic carbocycles. The van der Waals surface area contributed by atoms with Crippen LogP contribution >= 0.6 is 11.3 Å². The number of aryl methyl sites for hydroxylation is 1. The fraction of sp³-hybridized carbons (Fsp3) is 0.571. The van der Waals surface area contributed by atoms with Gasteiger partial charge in [-0.05, 0) is 49.7 Å². The van der Waals surface area contributed by atoms with Gasteiger partial charge in [0.2, 0.25) is 0 Å². The number of fused-ring (bicyclic) bond motifs is 2. The van der Waals surface area contributed by atoms with E-state index in [-0.39, 0.29) is 0 Å². The van der Waals surface area contributed by atoms with Gasteiger partial charge in [-0.1, -0.05) is 11.6 Å². The zero-order valence-corrected chi connectivity index (χ0v) is 11.7. The van der Waals surface area contributed by atoms with E-state index in [1.165, 1.54) is 37.0 Å². The minimum Gasteiger partial charge on any atom is -0.391 e. The summed E-state index contributed by atoms with van der Waals surface area (Å²) >= 11 is 1.52. The Bertz CT molecular complexity index is 618. The predicted octanol–water partition coefficient (Wildman–Crippen LogP) is 3.59. The highest BCUT2D eigenvalue weighted by molar-refractivity contribution is 7.19. The lowest BCUT2D eigenvalue weighted by atomic mass is 9.88. The number of thiophene rings is 1. The van der Waals surface area contributed by atoms with Crippen LogP contribution in [-0.4, -0.2) is 10.1 Å². The molecule has 3 unspecified atom stereocenters. The number of hydrogen-bond donors (Lipinski definition) is 1. The molecule has 0 aliphatic heterocycles. The van der Waals surface area contributed by atoms with Gasteiger partial charge in [0, 0.05) is 5.92 Å². The van der Waals surface area contributed by atoms with Crippen LogP contribution in [0.4, 0.5) is 5.00 Å². The molecule has 0 saturated heterocycles. The molecular weight excluding hydrogens is 258 g/mol. The molecule has 19 heavy (non-hydrogen) atoms. The molecule has 0 aromatic carbocycles. The molecule has 100 valence electrons. The lowest BCUT2D eigenvalue weighted by Gasteiger charge is -2.17. The first-order valence-electron chi connectivity index (χ1n) is 6.90. The van der Waals surface area contributed by atoms with E-state index in [1.54, 1.807) is 0 Å². The summed E-state index contributed by atoms with van der Waals surface area (Å²) in [6.07, 6.45) is 5.34. The Kier molecular flexibility index (Phi) is 2.45. The number of hydrogen-bond acceptors (Lipinski definition) is 5. The van der Waals surface area contributed by atoms with Crippen molar-refractivity contribution in [1.82, 2.24) is 10.1 Å². The van der Waals surface area contributed by atoms with Crippen LogP contribution in [0.2, 0.25) is 0 Å². The van der Waals surface area contributed by atoms with Crippen LogP contribution in [0.1, 0.15) is 43.0 Å². The van der Waals surface area contributed by atoms with Crippen LogP contribution in [0.5, 0.6) is 0 Å². The third-order valence-electron chi connectivity index (χ3n) is 4.64. The van der Waals surface area contributed by atoms with Crippen molar-refractivity contribution in [2.45, 2.75) is 38.5 Å². The summed E-state index contributed by atoms with van der Waals surface area (Å²) in [5, 5.41) is 5.02. The number of aromatic nitrogens is 2. The van der Waals surface area contributed by atoms with Gasteiger partial charge >= 0.3 is 0 Å². The van der Waals surface area contributed by atoms with Crippen LogP contribution < -0.4 is 5.73 Å². The van der Waals surface area contributed by atoms with Gasteiger partial charge in [-0.2, -0.15) is 4.98 Å². The lowest BCUT2D eigenvalue weighted by Crippen LogP contribution is -2.09. The van der Waals surface area contributed by atoms with Crippen LogP contribution in [0.15, 0.2) is 10.6 Å². The molecule has 2 aromatic rings. The molecule has 2 saturated carbocycles. The van der Waals surface area contributed by atoms with E-state index >= 15 is 0 Å². The molecule has 2 bridgehead atoms. The van der Waals surface area contributed by atoms with E-state index in [4.69, 9.17) is 10.3 Å². The van der Waals surface area contributed by atoms with Crippen molar-refractivity contribution in [3.63, 3.8) is 0 Å². The molecule has 2 N–H and O–H groups in total. The van der Waals surface area contributed by atoms with E-state index in [0.29, 0.717) is 11.8 Å². The molecule has 2 fully saturated rings. The molecule has 2 aromatic heterocycles. The van der Waals surface area contributed by atoms with E-state index in [1.807, 2.05) is 13.0 Å². The highest BCUT2D eigenvalue weighted by atomic mass is 32.1. The third kappa shape index (κ3) is 1.79. The maximum Gasteiger partial charge on any atom is 0.268 e. The molecule has 0 spiro atoms. The average molecular weight is 275 g/mol. The molecule has 2 heterocycles. The van der Waals surface area contributed by atoms with Crippen molar-refractivity contribution < 1.29 is 4.52 Å². The summed E-state index contributed by atoms with van der Waals surface area (Å²) < 4.78 is 5.46. The second kappa shape index (κ2) is 4.07. The fourth-order valence-corrected chi connectivity index (χ4v) is 4.62. The summed E-state index contributed by atoms with van der Waals surface area (Å²) in [5.74, 6) is 3.75. The number of rotatable bonds is 2. The van der Waals surface area contributed by atoms with Crippen LogP contribution in [0, 0.1) is 18.8 Å². The summed E-state index contributed by atoms with van der Waals surface area (Å²) in [4.78, 5) is 5.65. The first-order valence-corrected chi connectivity index (χ1v) is 7.72. The van der Waals surface area contributed by atoms with E-state index < -0.39 is 0 Å². The van der Waals surface area contributed by atoms with Gasteiger partial charge in [0.05, 0.1) is 9.88 Å². The summed E-state index contributed by atoms with van der Waals surface area (Å²) in [6, 6.07) is 1.96. The Morgan fingerprint density at radius 2 is 2.26 bits per heavy atom. The monoisotopic (exact) mass is 275 g/mol. The van der Waals surface area contributed by atoms with Gasteiger partial charge in [0.15, 0.2) is 5.82 Å². The molecule has 0 radical (unpaired) electrons. The second-order valence-corrected chi connectivity index (χ2v) is 6.98. The fourth-order valence-electron chi connectivity index (χ4n) is 3.76. The smallest absolute Gasteiger partial charge is 0.268 e. The van der Waals surface area contributed by atoms with Gasteiger partial charge in [-0.25, -0.2) is 0 Å². The summed E-state index contributed by atoms with van der Waals surface area (Å²) in [7, 11) is 0. The Balaban J connectivity index is 1.65. The summed E-state index contributed by atoms with van der Waals surface area (Å²) in [6.45, 7) is 2.03. The Morgan fingerprint density at radius 1 is 1.37 bits per heavy atom. The molecule has 5 heteroatoms. The Hall–Kier alpha value is -1.36. The third-order valence-corrected chi connectivity index (χ3v) is 5.70. The summed E-state index contributed by atoms with van der Waals surface area (Å²) in [5.41, 5.74) is 6.94. The largest absolute Gasteiger partial charge is 0.391 e. The second-order valence-electron chi connectivity index (χ2n) is 5.90. The number of nitrogens with zero attached hydrogens (tertiary/aromatic N) is 2. The lowest BCUT2D eigenvalue weighted by molar-refractivity contribution is 0.372. The Labute approximate surface area is 116 Å². The zero-order chi connectivity index (χ0) is 13.0. The molecule has 3 atom stereocenters. The standard InChI is InChI=1S/C14H17N3OS/c1-7-4-11(15)19-12(7)14-16-13(17-18-14)10-6-8-2-3-9(10)5-8/h4,8-10H,2-3,5-6,15H2,1H3. The van der Waals surface area contributed by atoms with Crippen LogP contribution in [-0.2, 0) is 0 Å². The SMILES string of the molecule is Cc1cc(N)sc1-c1nc(C2CC3CCC2C3)no1. The van der Waals surface area contributed by atoms with E-state index in [0.717, 1.165) is 33.1 Å². The minimum atomic E-state index is 0.522. The Morgan fingerprint density at radius 3 is 2.89 bits per heavy atom. The average Bonchev–Trinajstić information content (AvgIpc) is 3.11. The molecular formula is C14H17N3OS. The first kappa shape index (κ1) is 11.5. The first-order chi connectivity index (χ1) is 9.20. The maximum absolute atomic E-state index is 5.82. The molecule has 4 rings (SSSR count). The number of nitrogens with two attached hydrogens (primary N) is 1. The maximum atomic E-state index is 5.82. The van der Waals surface area contributed by atoms with Crippen molar-refractivity contribution in [2.75, 3.05) is 5.73 Å². The zero-order valence-electron chi connectivity index (χ0n) is 10.9. The van der Waals surface area contributed by atoms with Crippen molar-refractivity contribution in [2.24, 2.45) is 11.8 Å². The van der Waals surface area contributed by atoms with Gasteiger partial charge < -0.3 is 10.3 Å². The number of nitrogen functional groups attached to an aromatic ring is 1. The van der Waals surface area contributed by atoms with Gasteiger partial charge in [-0.3, -0.25) is 0 Å². The molecule has 2 aliphatic rings. The highest BCUT2D eigenvalue weighted by Crippen LogP contribution is 2.52. The van der Waals surface area contributed by atoms with Crippen molar-refractivity contribution in [3.8, 4) is 10.8 Å². The van der Waals surface area contributed by atoms with Gasteiger partial charge in [-0.15, -0.1) is 11.3 Å². The molecule has 4 nitrogen and oxygen atoms in total. The number of anilines is 1. The minimum absolute atomic E-state index is 0.522. The molecule has 0 amide bonds. The van der Waals surface area contributed by atoms with Crippen LogP contribution in [0.25, 0.3) is 10.8 Å². The quantitative estimate of drug-likeness (QED) is 0.909. The normalized spacial score (nSPS) is 29.2. The van der Waals surface area contributed by atoms with E-state index in [2.05, 4.69) is 10.1 Å². The highest BCUT2D eigenvalue weighted by Gasteiger charge is 2.42. The predicted molar refractivity (Wildman–Crippen MR) is 74.9 cm³/mol. The van der Waals surface area contributed by atoms with Gasteiger partial charge in [0.1, 0.15) is 0 Å². The van der Waals surface area contributed by atoms with Gasteiger partial charge in [0.25, 0.3) is 5.89 Å².